The summed E-state index contributed by atoms with van der Waals surface area (Å²) in [5.74, 6) is 0.623. The quantitative estimate of drug-likeness (QED) is 0.386. The molecule has 3 aromatic heterocycles. The van der Waals surface area contributed by atoms with E-state index in [1.54, 1.807) is 32.4 Å². The summed E-state index contributed by atoms with van der Waals surface area (Å²) in [5.41, 5.74) is 6.49. The molecule has 3 atom stereocenters. The molecule has 8 heteroatoms. The molecule has 192 valence electrons. The van der Waals surface area contributed by atoms with Crippen LogP contribution in [0.3, 0.4) is 0 Å². The number of carbonyl (C=O) groups is 1. The third kappa shape index (κ3) is 4.11. The number of pyridine rings is 2. The molecule has 5 rings (SSSR count). The van der Waals surface area contributed by atoms with Crippen molar-refractivity contribution in [1.29, 1.82) is 0 Å². The number of aromatic nitrogens is 2. The van der Waals surface area contributed by atoms with Crippen LogP contribution in [-0.2, 0) is 4.74 Å². The van der Waals surface area contributed by atoms with Gasteiger partial charge in [0.15, 0.2) is 0 Å². The third-order valence-electron chi connectivity index (χ3n) is 7.49. The molecule has 4 aromatic rings. The third-order valence-corrected chi connectivity index (χ3v) is 7.49. The van der Waals surface area contributed by atoms with Crippen molar-refractivity contribution in [3.8, 4) is 11.8 Å². The van der Waals surface area contributed by atoms with Crippen LogP contribution < -0.4 is 15.6 Å². The highest BCUT2D eigenvalue weighted by molar-refractivity contribution is 5.90. The number of furan rings is 1. The van der Waals surface area contributed by atoms with Gasteiger partial charge < -0.3 is 19.2 Å². The molecule has 0 spiro atoms. The lowest BCUT2D eigenvalue weighted by molar-refractivity contribution is 0.0526. The molecule has 0 fully saturated rings. The number of nitrogens with zero attached hydrogens (tertiary/aromatic N) is 2. The fraction of sp³-hybridized carbons (Fsp3) is 0.345. The number of nitrogens with one attached hydrogen (secondary N) is 1. The molecule has 0 amide bonds. The van der Waals surface area contributed by atoms with Crippen LogP contribution in [-0.4, -0.2) is 35.3 Å². The fourth-order valence-corrected chi connectivity index (χ4v) is 5.31. The van der Waals surface area contributed by atoms with Crippen LogP contribution in [0.25, 0.3) is 16.8 Å². The average molecular weight is 502 g/mol. The summed E-state index contributed by atoms with van der Waals surface area (Å²) >= 11 is 0. The maximum Gasteiger partial charge on any atom is 0.338 e. The van der Waals surface area contributed by atoms with Gasteiger partial charge in [0.25, 0.3) is 11.5 Å². The maximum atomic E-state index is 12.9. The Labute approximate surface area is 215 Å². The van der Waals surface area contributed by atoms with Gasteiger partial charge in [0, 0.05) is 36.0 Å². The molecule has 0 bridgehead atoms. The van der Waals surface area contributed by atoms with E-state index in [-0.39, 0.29) is 30.2 Å². The first kappa shape index (κ1) is 24.8. The topological polar surface area (TPSA) is 95.6 Å². The van der Waals surface area contributed by atoms with Crippen LogP contribution in [0.15, 0.2) is 51.9 Å². The van der Waals surface area contributed by atoms with Crippen molar-refractivity contribution in [2.45, 2.75) is 52.6 Å². The molecule has 0 saturated heterocycles. The molecular formula is C29H31N3O5. The summed E-state index contributed by atoms with van der Waals surface area (Å²) in [6.07, 6.45) is 3.30. The van der Waals surface area contributed by atoms with E-state index in [1.165, 1.54) is 28.0 Å². The van der Waals surface area contributed by atoms with E-state index in [1.807, 2.05) is 12.1 Å². The van der Waals surface area contributed by atoms with E-state index in [9.17, 15) is 9.59 Å². The molecule has 1 aliphatic heterocycles. The van der Waals surface area contributed by atoms with Gasteiger partial charge >= 0.3 is 5.97 Å². The molecule has 8 nitrogen and oxygen atoms in total. The first-order valence-corrected chi connectivity index (χ1v) is 12.5. The van der Waals surface area contributed by atoms with Crippen molar-refractivity contribution in [2.24, 2.45) is 0 Å². The first-order valence-electron chi connectivity index (χ1n) is 12.5. The standard InChI is InChI=1S/C29H31N3O5/c1-7-36-29(34)19-10-11-30-22(12-19)32-14-20(8-9-23(32)33)27-26-21-13-24(35-6)37-28(21)16(3)15(2)25(26)17(4)18(5)31-27/h8-14,17-18,27,31H,7H2,1-6H3. The minimum absolute atomic E-state index is 0.187. The lowest BCUT2D eigenvalue weighted by atomic mass is 9.76. The molecular weight excluding hydrogens is 470 g/mol. The second-order valence-electron chi connectivity index (χ2n) is 9.56. The largest absolute Gasteiger partial charge is 0.468 e. The SMILES string of the molecule is CCOC(=O)c1ccnc(-n2cc(C3NC(C)C(C)c4c(C)c(C)c5oc(OC)cc5c43)ccc2=O)c1. The van der Waals surface area contributed by atoms with E-state index in [4.69, 9.17) is 13.9 Å². The minimum Gasteiger partial charge on any atom is -0.468 e. The molecule has 0 aliphatic carbocycles. The van der Waals surface area contributed by atoms with E-state index in [0.29, 0.717) is 17.3 Å². The molecule has 1 N–H and O–H groups in total. The molecule has 37 heavy (non-hydrogen) atoms. The number of methoxy groups -OCH3 is 1. The van der Waals surface area contributed by atoms with Crippen LogP contribution >= 0.6 is 0 Å². The predicted octanol–water partition coefficient (Wildman–Crippen LogP) is 4.97. The number of hydrogen-bond donors (Lipinski definition) is 1. The molecule has 1 aliphatic rings. The summed E-state index contributed by atoms with van der Waals surface area (Å²) in [6, 6.07) is 8.45. The van der Waals surface area contributed by atoms with Gasteiger partial charge in [-0.1, -0.05) is 13.0 Å². The first-order chi connectivity index (χ1) is 17.7. The Morgan fingerprint density at radius 1 is 1.14 bits per heavy atom. The summed E-state index contributed by atoms with van der Waals surface area (Å²) in [5, 5.41) is 4.75. The molecule has 3 unspecified atom stereocenters. The van der Waals surface area contributed by atoms with E-state index < -0.39 is 5.97 Å². The number of fused-ring (bicyclic) bond motifs is 3. The van der Waals surface area contributed by atoms with Crippen molar-refractivity contribution in [1.82, 2.24) is 14.9 Å². The number of ether oxygens (including phenoxy) is 2. The Hall–Kier alpha value is -3.91. The second-order valence-corrected chi connectivity index (χ2v) is 9.56. The average Bonchev–Trinajstić information content (AvgIpc) is 3.34. The zero-order valence-corrected chi connectivity index (χ0v) is 21.9. The van der Waals surface area contributed by atoms with Crippen molar-refractivity contribution in [3.05, 3.63) is 86.5 Å². The van der Waals surface area contributed by atoms with Gasteiger partial charge in [-0.15, -0.1) is 0 Å². The number of esters is 1. The van der Waals surface area contributed by atoms with Crippen molar-refractivity contribution < 1.29 is 18.7 Å². The highest BCUT2D eigenvalue weighted by atomic mass is 16.6. The van der Waals surface area contributed by atoms with Crippen molar-refractivity contribution in [3.63, 3.8) is 0 Å². The molecule has 4 heterocycles. The maximum absolute atomic E-state index is 12.9. The Morgan fingerprint density at radius 2 is 1.92 bits per heavy atom. The van der Waals surface area contributed by atoms with Gasteiger partial charge in [0.1, 0.15) is 11.4 Å². The summed E-state index contributed by atoms with van der Waals surface area (Å²) in [6.45, 7) is 10.6. The predicted molar refractivity (Wildman–Crippen MR) is 141 cm³/mol. The number of carbonyl (C=O) groups excluding carboxylic acids is 1. The highest BCUT2D eigenvalue weighted by Crippen LogP contribution is 2.45. The van der Waals surface area contributed by atoms with Crippen LogP contribution in [0.4, 0.5) is 0 Å². The zero-order chi connectivity index (χ0) is 26.4. The van der Waals surface area contributed by atoms with Crippen LogP contribution in [0, 0.1) is 13.8 Å². The minimum atomic E-state index is -0.455. The molecule has 0 radical (unpaired) electrons. The smallest absolute Gasteiger partial charge is 0.338 e. The van der Waals surface area contributed by atoms with Gasteiger partial charge in [0.05, 0.1) is 25.3 Å². The van der Waals surface area contributed by atoms with Crippen LogP contribution in [0.5, 0.6) is 5.95 Å². The molecule has 0 saturated carbocycles. The summed E-state index contributed by atoms with van der Waals surface area (Å²) < 4.78 is 18.1. The lowest BCUT2D eigenvalue weighted by Crippen LogP contribution is -2.41. The van der Waals surface area contributed by atoms with E-state index in [0.717, 1.165) is 27.7 Å². The summed E-state index contributed by atoms with van der Waals surface area (Å²) in [7, 11) is 1.60. The Bertz CT molecular complexity index is 1570. The fourth-order valence-electron chi connectivity index (χ4n) is 5.31. The van der Waals surface area contributed by atoms with E-state index in [2.05, 4.69) is 38.0 Å². The van der Waals surface area contributed by atoms with Crippen LogP contribution in [0.1, 0.15) is 70.9 Å². The van der Waals surface area contributed by atoms with Crippen molar-refractivity contribution >= 4 is 16.9 Å². The Kier molecular flexibility index (Phi) is 6.37. The lowest BCUT2D eigenvalue weighted by Gasteiger charge is -2.38. The Morgan fingerprint density at radius 3 is 2.65 bits per heavy atom. The number of benzene rings is 1. The highest BCUT2D eigenvalue weighted by Gasteiger charge is 2.35. The molecule has 1 aromatic carbocycles. The number of hydrogen-bond acceptors (Lipinski definition) is 7. The Balaban J connectivity index is 1.70. The second kappa shape index (κ2) is 9.52. The van der Waals surface area contributed by atoms with Gasteiger partial charge in [-0.2, -0.15) is 0 Å². The van der Waals surface area contributed by atoms with Gasteiger partial charge in [0.2, 0.25) is 0 Å². The van der Waals surface area contributed by atoms with Crippen LogP contribution in [0.2, 0.25) is 0 Å². The van der Waals surface area contributed by atoms with E-state index >= 15 is 0 Å². The monoisotopic (exact) mass is 501 g/mol. The normalized spacial score (nSPS) is 19.0. The zero-order valence-electron chi connectivity index (χ0n) is 21.9. The summed E-state index contributed by atoms with van der Waals surface area (Å²) in [4.78, 5) is 29.6. The number of rotatable bonds is 5. The van der Waals surface area contributed by atoms with Gasteiger partial charge in [-0.3, -0.25) is 9.36 Å². The van der Waals surface area contributed by atoms with Gasteiger partial charge in [-0.25, -0.2) is 9.78 Å². The number of aryl methyl sites for hydroxylation is 1. The van der Waals surface area contributed by atoms with Crippen molar-refractivity contribution in [2.75, 3.05) is 13.7 Å². The van der Waals surface area contributed by atoms with Gasteiger partial charge in [-0.05, 0) is 73.6 Å².